The summed E-state index contributed by atoms with van der Waals surface area (Å²) in [6.07, 6.45) is 1.63. The number of nitrogens with one attached hydrogen (secondary N) is 1. The third-order valence-corrected chi connectivity index (χ3v) is 3.31. The summed E-state index contributed by atoms with van der Waals surface area (Å²) in [6.45, 7) is 3.28. The molecule has 1 N–H and O–H groups in total. The zero-order chi connectivity index (χ0) is 18.4. The van der Waals surface area contributed by atoms with Crippen molar-refractivity contribution in [3.63, 3.8) is 0 Å². The molecule has 1 amide bonds. The quantitative estimate of drug-likeness (QED) is 0.661. The molecule has 0 bridgehead atoms. The fourth-order valence-electron chi connectivity index (χ4n) is 2.03. The van der Waals surface area contributed by atoms with Gasteiger partial charge in [0.15, 0.2) is 6.10 Å². The van der Waals surface area contributed by atoms with Gasteiger partial charge in [-0.2, -0.15) is 0 Å². The minimum atomic E-state index is -1.14. The van der Waals surface area contributed by atoms with Crippen molar-refractivity contribution in [2.75, 3.05) is 5.32 Å². The maximum Gasteiger partial charge on any atom is 0.331 e. The first-order chi connectivity index (χ1) is 11.8. The molecule has 0 radical (unpaired) electrons. The molecule has 0 aliphatic heterocycles. The molecule has 0 aliphatic rings. The first-order valence-electron chi connectivity index (χ1n) is 7.56. The maximum absolute atomic E-state index is 13.5. The second-order valence-corrected chi connectivity index (χ2v) is 5.44. The molecule has 2 aromatic carbocycles. The van der Waals surface area contributed by atoms with Crippen LogP contribution in [0.15, 0.2) is 48.5 Å². The van der Waals surface area contributed by atoms with Gasteiger partial charge in [0, 0.05) is 12.1 Å². The number of hydrogen-bond donors (Lipinski definition) is 1. The standard InChI is InChI=1S/C19H17F2NO3/c1-12-4-3-5-14(10-12)6-9-18(23)25-13(2)19(24)22-17-8-7-15(20)11-16(17)21/h3-11,13H,1-2H3,(H,22,24)/b9-6+/t13-/m0/s1. The van der Waals surface area contributed by atoms with Crippen LogP contribution in [0.3, 0.4) is 0 Å². The van der Waals surface area contributed by atoms with Crippen molar-refractivity contribution < 1.29 is 23.1 Å². The van der Waals surface area contributed by atoms with Crippen LogP contribution in [0.5, 0.6) is 0 Å². The van der Waals surface area contributed by atoms with E-state index >= 15 is 0 Å². The summed E-state index contributed by atoms with van der Waals surface area (Å²) in [4.78, 5) is 23.7. The third kappa shape index (κ3) is 5.53. The zero-order valence-electron chi connectivity index (χ0n) is 13.8. The van der Waals surface area contributed by atoms with E-state index in [1.807, 2.05) is 31.2 Å². The number of halogens is 2. The van der Waals surface area contributed by atoms with Crippen LogP contribution in [0.1, 0.15) is 18.1 Å². The van der Waals surface area contributed by atoms with Crippen molar-refractivity contribution in [1.29, 1.82) is 0 Å². The molecule has 4 nitrogen and oxygen atoms in total. The van der Waals surface area contributed by atoms with E-state index in [2.05, 4.69) is 5.32 Å². The highest BCUT2D eigenvalue weighted by molar-refractivity contribution is 5.96. The zero-order valence-corrected chi connectivity index (χ0v) is 13.8. The Balaban J connectivity index is 1.92. The molecular formula is C19H17F2NO3. The number of esters is 1. The summed E-state index contributed by atoms with van der Waals surface area (Å²) in [5, 5.41) is 2.24. The molecule has 0 saturated heterocycles. The van der Waals surface area contributed by atoms with Gasteiger partial charge in [0.05, 0.1) is 5.69 Å². The molecule has 0 unspecified atom stereocenters. The van der Waals surface area contributed by atoms with E-state index in [4.69, 9.17) is 4.74 Å². The second-order valence-electron chi connectivity index (χ2n) is 5.44. The second kappa shape index (κ2) is 8.19. The Labute approximate surface area is 144 Å². The fraction of sp³-hybridized carbons (Fsp3) is 0.158. The molecule has 0 fully saturated rings. The number of benzene rings is 2. The van der Waals surface area contributed by atoms with Crippen molar-refractivity contribution in [2.24, 2.45) is 0 Å². The van der Waals surface area contributed by atoms with Gasteiger partial charge in [0.2, 0.25) is 0 Å². The number of ether oxygens (including phenoxy) is 1. The molecule has 2 aromatic rings. The van der Waals surface area contributed by atoms with Crippen LogP contribution >= 0.6 is 0 Å². The summed E-state index contributed by atoms with van der Waals surface area (Å²) >= 11 is 0. The third-order valence-electron chi connectivity index (χ3n) is 3.31. The minimum absolute atomic E-state index is 0.190. The Hall–Kier alpha value is -3.02. The highest BCUT2D eigenvalue weighted by Gasteiger charge is 2.18. The topological polar surface area (TPSA) is 55.4 Å². The highest BCUT2D eigenvalue weighted by atomic mass is 19.1. The van der Waals surface area contributed by atoms with Crippen molar-refractivity contribution in [1.82, 2.24) is 0 Å². The van der Waals surface area contributed by atoms with Crippen LogP contribution in [0.4, 0.5) is 14.5 Å². The van der Waals surface area contributed by atoms with Crippen LogP contribution in [-0.4, -0.2) is 18.0 Å². The lowest BCUT2D eigenvalue weighted by Gasteiger charge is -2.12. The Morgan fingerprint density at radius 3 is 2.60 bits per heavy atom. The molecule has 6 heteroatoms. The van der Waals surface area contributed by atoms with E-state index in [1.54, 1.807) is 6.08 Å². The van der Waals surface area contributed by atoms with Crippen molar-refractivity contribution >= 4 is 23.6 Å². The average molecular weight is 345 g/mol. The molecule has 130 valence electrons. The van der Waals surface area contributed by atoms with Crippen molar-refractivity contribution in [3.8, 4) is 0 Å². The van der Waals surface area contributed by atoms with E-state index in [9.17, 15) is 18.4 Å². The Morgan fingerprint density at radius 2 is 1.92 bits per heavy atom. The van der Waals surface area contributed by atoms with Gasteiger partial charge in [-0.25, -0.2) is 13.6 Å². The number of rotatable bonds is 5. The molecule has 25 heavy (non-hydrogen) atoms. The predicted molar refractivity (Wildman–Crippen MR) is 90.8 cm³/mol. The summed E-state index contributed by atoms with van der Waals surface area (Å²) in [5.41, 5.74) is 1.68. The molecular weight excluding hydrogens is 328 g/mol. The number of aryl methyl sites for hydroxylation is 1. The lowest BCUT2D eigenvalue weighted by atomic mass is 10.1. The molecule has 1 atom stereocenters. The number of hydrogen-bond acceptors (Lipinski definition) is 3. The molecule has 2 rings (SSSR count). The van der Waals surface area contributed by atoms with Crippen molar-refractivity contribution in [2.45, 2.75) is 20.0 Å². The number of anilines is 1. The van der Waals surface area contributed by atoms with Crippen LogP contribution in [0, 0.1) is 18.6 Å². The summed E-state index contributed by atoms with van der Waals surface area (Å²) in [6, 6.07) is 10.2. The van der Waals surface area contributed by atoms with Gasteiger partial charge in [-0.15, -0.1) is 0 Å². The van der Waals surface area contributed by atoms with Gasteiger partial charge >= 0.3 is 5.97 Å². The minimum Gasteiger partial charge on any atom is -0.449 e. The van der Waals surface area contributed by atoms with E-state index in [0.29, 0.717) is 6.07 Å². The van der Waals surface area contributed by atoms with Gasteiger partial charge in [0.1, 0.15) is 11.6 Å². The largest absolute Gasteiger partial charge is 0.449 e. The predicted octanol–water partition coefficient (Wildman–Crippen LogP) is 3.86. The van der Waals surface area contributed by atoms with Gasteiger partial charge in [-0.1, -0.05) is 29.8 Å². The summed E-state index contributed by atoms with van der Waals surface area (Å²) in [7, 11) is 0. The molecule has 0 heterocycles. The lowest BCUT2D eigenvalue weighted by molar-refractivity contribution is -0.148. The number of carbonyl (C=O) groups excluding carboxylic acids is 2. The van der Waals surface area contributed by atoms with E-state index in [0.717, 1.165) is 23.3 Å². The van der Waals surface area contributed by atoms with Crippen LogP contribution in [0.25, 0.3) is 6.08 Å². The number of amides is 1. The average Bonchev–Trinajstić information content (AvgIpc) is 2.55. The first kappa shape index (κ1) is 18.3. The highest BCUT2D eigenvalue weighted by Crippen LogP contribution is 2.15. The molecule has 0 aliphatic carbocycles. The van der Waals surface area contributed by atoms with Crippen LogP contribution < -0.4 is 5.32 Å². The summed E-state index contributed by atoms with van der Waals surface area (Å²) in [5.74, 6) is -3.09. The van der Waals surface area contributed by atoms with Crippen LogP contribution in [-0.2, 0) is 14.3 Å². The van der Waals surface area contributed by atoms with E-state index < -0.39 is 29.6 Å². The normalized spacial score (nSPS) is 12.0. The Morgan fingerprint density at radius 1 is 1.16 bits per heavy atom. The van der Waals surface area contributed by atoms with Crippen LogP contribution in [0.2, 0.25) is 0 Å². The lowest BCUT2D eigenvalue weighted by Crippen LogP contribution is -2.29. The molecule has 0 aromatic heterocycles. The Bertz CT molecular complexity index is 818. The van der Waals surface area contributed by atoms with E-state index in [1.165, 1.54) is 13.0 Å². The van der Waals surface area contributed by atoms with Gasteiger partial charge in [-0.3, -0.25) is 4.79 Å². The van der Waals surface area contributed by atoms with E-state index in [-0.39, 0.29) is 5.69 Å². The van der Waals surface area contributed by atoms with Gasteiger partial charge in [-0.05, 0) is 37.6 Å². The number of carbonyl (C=O) groups is 2. The first-order valence-corrected chi connectivity index (χ1v) is 7.56. The molecule has 0 spiro atoms. The smallest absolute Gasteiger partial charge is 0.331 e. The van der Waals surface area contributed by atoms with Gasteiger partial charge < -0.3 is 10.1 Å². The monoisotopic (exact) mass is 345 g/mol. The SMILES string of the molecule is Cc1cccc(/C=C/C(=O)O[C@@H](C)C(=O)Nc2ccc(F)cc2F)c1. The molecule has 0 saturated carbocycles. The maximum atomic E-state index is 13.5. The van der Waals surface area contributed by atoms with Crippen molar-refractivity contribution in [3.05, 3.63) is 71.3 Å². The van der Waals surface area contributed by atoms with Gasteiger partial charge in [0.25, 0.3) is 5.91 Å². The summed E-state index contributed by atoms with van der Waals surface area (Å²) < 4.78 is 31.3. The Kier molecular flexibility index (Phi) is 6.00. The fourth-order valence-corrected chi connectivity index (χ4v) is 2.03.